The number of likely N-dealkylation sites (N-methyl/N-ethyl adjacent to an activating group) is 1. The normalized spacial score (nSPS) is 15.1. The van der Waals surface area contributed by atoms with Gasteiger partial charge in [-0.3, -0.25) is 5.32 Å². The summed E-state index contributed by atoms with van der Waals surface area (Å²) < 4.78 is 13.1. The van der Waals surface area contributed by atoms with Gasteiger partial charge < -0.3 is 19.5 Å². The van der Waals surface area contributed by atoms with Crippen LogP contribution in [-0.4, -0.2) is 70.7 Å². The highest BCUT2D eigenvalue weighted by Gasteiger charge is 2.29. The first-order valence-electron chi connectivity index (χ1n) is 20.0. The second-order valence-corrected chi connectivity index (χ2v) is 15.9. The molecule has 0 bridgehead atoms. The minimum Gasteiger partial charge on any atom is -0.465 e. The van der Waals surface area contributed by atoms with Crippen molar-refractivity contribution < 1.29 is 14.6 Å². The summed E-state index contributed by atoms with van der Waals surface area (Å²) in [5.74, 6) is 2.30. The summed E-state index contributed by atoms with van der Waals surface area (Å²) in [6.07, 6.45) is 7.20. The maximum atomic E-state index is 9.44. The highest BCUT2D eigenvalue weighted by atomic mass is 16.7. The maximum absolute atomic E-state index is 9.44. The molecule has 4 rings (SSSR count). The Bertz CT molecular complexity index is 1690. The molecule has 2 unspecified atom stereocenters. The molecule has 53 heavy (non-hydrogen) atoms. The standard InChI is InChI=1S/C43H67N7O3/c1-12-16-17-18-19-38(53-37-23-20-33(42(8,9)13-2)27-35(37)43(10,11)14-3)52-29-44-28-31(6)40-46-41-39(32(7)47-50(41)48-40)45-36-22-21-34(26-30(36)5)49(15-4)24-25-51/h20-23,26-27,31,38,44,51H,12-19,24-25,28-29H2,1-11H3. The number of aliphatic hydroxyl groups excluding tert-OH is 1. The largest absolute Gasteiger partial charge is 0.465 e. The summed E-state index contributed by atoms with van der Waals surface area (Å²) in [4.78, 5) is 13.6. The van der Waals surface area contributed by atoms with Crippen molar-refractivity contribution in [3.63, 3.8) is 0 Å². The van der Waals surface area contributed by atoms with Crippen molar-refractivity contribution in [3.05, 3.63) is 64.7 Å². The van der Waals surface area contributed by atoms with Crippen LogP contribution >= 0.6 is 0 Å². The minimum atomic E-state index is -0.353. The molecule has 10 heteroatoms. The molecule has 0 radical (unpaired) electrons. The number of aromatic nitrogens is 3. The molecule has 0 spiro atoms. The van der Waals surface area contributed by atoms with Gasteiger partial charge in [0.15, 0.2) is 5.82 Å². The molecule has 2 N–H and O–H groups in total. The van der Waals surface area contributed by atoms with Crippen LogP contribution in [0.1, 0.15) is 148 Å². The fourth-order valence-corrected chi connectivity index (χ4v) is 6.45. The molecule has 2 heterocycles. The summed E-state index contributed by atoms with van der Waals surface area (Å²) in [5.41, 5.74) is 7.15. The van der Waals surface area contributed by atoms with Crippen molar-refractivity contribution in [2.24, 2.45) is 10.1 Å². The fraction of sp³-hybridized carbons (Fsp3) is 0.628. The van der Waals surface area contributed by atoms with Crippen LogP contribution in [0.5, 0.6) is 5.75 Å². The first-order valence-corrected chi connectivity index (χ1v) is 20.0. The molecular formula is C43H67N7O3. The van der Waals surface area contributed by atoms with Crippen LogP contribution in [-0.2, 0) is 15.6 Å². The number of anilines is 1. The van der Waals surface area contributed by atoms with Gasteiger partial charge in [-0.1, -0.05) is 86.8 Å². The smallest absolute Gasteiger partial charge is 0.204 e. The summed E-state index contributed by atoms with van der Waals surface area (Å²) in [6.45, 7) is 26.7. The number of nitrogens with zero attached hydrogens (tertiary/aromatic N) is 6. The molecule has 1 aliphatic heterocycles. The van der Waals surface area contributed by atoms with Gasteiger partial charge in [0.2, 0.25) is 12.1 Å². The number of nitrogens with one attached hydrogen (secondary N) is 1. The van der Waals surface area contributed by atoms with Gasteiger partial charge >= 0.3 is 0 Å². The zero-order valence-electron chi connectivity index (χ0n) is 34.6. The number of benzene rings is 2. The van der Waals surface area contributed by atoms with Crippen molar-refractivity contribution in [2.75, 3.05) is 37.9 Å². The van der Waals surface area contributed by atoms with E-state index in [-0.39, 0.29) is 29.6 Å². The van der Waals surface area contributed by atoms with Crippen molar-refractivity contribution in [1.82, 2.24) is 20.2 Å². The molecule has 3 aromatic rings. The van der Waals surface area contributed by atoms with Crippen molar-refractivity contribution in [2.45, 2.75) is 144 Å². The minimum absolute atomic E-state index is 0.0244. The summed E-state index contributed by atoms with van der Waals surface area (Å²) in [5, 5.41) is 22.3. The molecule has 0 fully saturated rings. The van der Waals surface area contributed by atoms with Crippen molar-refractivity contribution >= 4 is 22.8 Å². The highest BCUT2D eigenvalue weighted by molar-refractivity contribution is 6.48. The van der Waals surface area contributed by atoms with Gasteiger partial charge in [0, 0.05) is 43.2 Å². The number of aliphatic imine (C=N–C) groups is 1. The van der Waals surface area contributed by atoms with Crippen LogP contribution in [0.15, 0.2) is 46.5 Å². The first-order chi connectivity index (χ1) is 25.3. The molecule has 1 aliphatic rings. The Morgan fingerprint density at radius 1 is 0.962 bits per heavy atom. The van der Waals surface area contributed by atoms with Crippen LogP contribution in [0.2, 0.25) is 0 Å². The van der Waals surface area contributed by atoms with Crippen LogP contribution in [0, 0.1) is 6.92 Å². The average Bonchev–Trinajstić information content (AvgIpc) is 3.68. The zero-order chi connectivity index (χ0) is 38.8. The monoisotopic (exact) mass is 730 g/mol. The van der Waals surface area contributed by atoms with E-state index < -0.39 is 0 Å². The Hall–Kier alpha value is -3.60. The molecule has 2 aromatic carbocycles. The molecule has 2 atom stereocenters. The van der Waals surface area contributed by atoms with Crippen LogP contribution in [0.4, 0.5) is 11.4 Å². The lowest BCUT2D eigenvalue weighted by Crippen LogP contribution is -2.31. The van der Waals surface area contributed by atoms with Gasteiger partial charge in [-0.25, -0.2) is 9.98 Å². The zero-order valence-corrected chi connectivity index (χ0v) is 34.6. The summed E-state index contributed by atoms with van der Waals surface area (Å²) in [6, 6.07) is 12.9. The van der Waals surface area contributed by atoms with Crippen LogP contribution in [0.25, 0.3) is 0 Å². The second-order valence-electron chi connectivity index (χ2n) is 15.9. The van der Waals surface area contributed by atoms with E-state index in [1.807, 2.05) is 13.0 Å². The van der Waals surface area contributed by atoms with E-state index in [1.54, 1.807) is 4.79 Å². The predicted octanol–water partition coefficient (Wildman–Crippen LogP) is 9.18. The van der Waals surface area contributed by atoms with Gasteiger partial charge in [0.25, 0.3) is 0 Å². The van der Waals surface area contributed by atoms with E-state index in [1.165, 1.54) is 24.0 Å². The lowest BCUT2D eigenvalue weighted by molar-refractivity contribution is -0.0925. The number of rotatable bonds is 22. The van der Waals surface area contributed by atoms with Gasteiger partial charge in [-0.05, 0) is 86.3 Å². The second kappa shape index (κ2) is 19.1. The number of unbranched alkanes of at least 4 members (excludes halogenated alkanes) is 3. The van der Waals surface area contributed by atoms with Crippen LogP contribution in [0.3, 0.4) is 0 Å². The molecule has 10 nitrogen and oxygen atoms in total. The molecule has 0 amide bonds. The number of fused-ring (bicyclic) bond motifs is 1. The Labute approximate surface area is 319 Å². The van der Waals surface area contributed by atoms with Crippen molar-refractivity contribution in [1.29, 1.82) is 0 Å². The van der Waals surface area contributed by atoms with E-state index in [0.717, 1.165) is 72.8 Å². The lowest BCUT2D eigenvalue weighted by Gasteiger charge is -2.31. The van der Waals surface area contributed by atoms with Crippen molar-refractivity contribution in [3.8, 4) is 5.75 Å². The number of ether oxygens (including phenoxy) is 2. The van der Waals surface area contributed by atoms with Gasteiger partial charge in [0.05, 0.1) is 18.0 Å². The van der Waals surface area contributed by atoms with Crippen LogP contribution < -0.4 is 15.0 Å². The Kier molecular flexibility index (Phi) is 15.2. The third-order valence-corrected chi connectivity index (χ3v) is 11.0. The van der Waals surface area contributed by atoms with E-state index in [2.05, 4.69) is 115 Å². The molecule has 0 saturated carbocycles. The van der Waals surface area contributed by atoms with Gasteiger partial charge in [0.1, 0.15) is 18.2 Å². The van der Waals surface area contributed by atoms with E-state index in [9.17, 15) is 5.11 Å². The fourth-order valence-electron chi connectivity index (χ4n) is 6.45. The highest BCUT2D eigenvalue weighted by Crippen LogP contribution is 2.39. The first kappa shape index (κ1) is 42.1. The maximum Gasteiger partial charge on any atom is 0.204 e. The number of aliphatic hydroxyl groups is 1. The van der Waals surface area contributed by atoms with Gasteiger partial charge in [-0.2, -0.15) is 5.10 Å². The topological polar surface area (TPSA) is 109 Å². The molecular weight excluding hydrogens is 663 g/mol. The molecule has 0 saturated heterocycles. The Morgan fingerprint density at radius 2 is 1.72 bits per heavy atom. The number of aryl methyl sites for hydroxylation is 1. The SMILES string of the molecule is CCCCCCC(OCNCC(C)c1nc2n(n1)N=C(C)C2=Nc1ccc(N(CC)CCO)cc1C)Oc1ccc(C(C)(C)CC)cc1C(C)(C)CC. The molecule has 0 aliphatic carbocycles. The summed E-state index contributed by atoms with van der Waals surface area (Å²) >= 11 is 0. The van der Waals surface area contributed by atoms with E-state index in [0.29, 0.717) is 31.5 Å². The number of hydrogen-bond donors (Lipinski definition) is 2. The third-order valence-electron chi connectivity index (χ3n) is 11.0. The third kappa shape index (κ3) is 10.8. The predicted molar refractivity (Wildman–Crippen MR) is 219 cm³/mol. The lowest BCUT2D eigenvalue weighted by atomic mass is 9.76. The quantitative estimate of drug-likeness (QED) is 0.0784. The average molecular weight is 730 g/mol. The summed E-state index contributed by atoms with van der Waals surface area (Å²) in [7, 11) is 0. The molecule has 292 valence electrons. The molecule has 1 aromatic heterocycles. The Morgan fingerprint density at radius 3 is 2.38 bits per heavy atom. The van der Waals surface area contributed by atoms with E-state index >= 15 is 0 Å². The Balaban J connectivity index is 1.43. The van der Waals surface area contributed by atoms with Gasteiger partial charge in [-0.15, -0.1) is 9.89 Å². The van der Waals surface area contributed by atoms with E-state index in [4.69, 9.17) is 24.5 Å². The number of hydrogen-bond acceptors (Lipinski definition) is 9.